The second kappa shape index (κ2) is 9.05. The maximum atomic E-state index is 12.1. The van der Waals surface area contributed by atoms with E-state index in [0.717, 1.165) is 5.56 Å². The molecule has 0 unspecified atom stereocenters. The Morgan fingerprint density at radius 2 is 2.05 bits per heavy atom. The molecular formula is C15H18ClN3O3. The number of amides is 1. The Bertz CT molecular complexity index is 590. The van der Waals surface area contributed by atoms with Crippen molar-refractivity contribution in [3.8, 4) is 6.07 Å². The molecule has 0 fully saturated rings. The van der Waals surface area contributed by atoms with Crippen LogP contribution in [0.3, 0.4) is 0 Å². The zero-order valence-corrected chi connectivity index (χ0v) is 13.0. The number of carbonyl (C=O) groups is 1. The lowest BCUT2D eigenvalue weighted by molar-refractivity contribution is -0.127. The lowest BCUT2D eigenvalue weighted by Crippen LogP contribution is -2.36. The molecule has 22 heavy (non-hydrogen) atoms. The van der Waals surface area contributed by atoms with Gasteiger partial charge in [-0.1, -0.05) is 17.7 Å². The molecule has 0 heterocycles. The summed E-state index contributed by atoms with van der Waals surface area (Å²) in [5.41, 5.74) is 1.44. The van der Waals surface area contributed by atoms with Gasteiger partial charge in [0.05, 0.1) is 13.2 Å². The van der Waals surface area contributed by atoms with Gasteiger partial charge in [0.15, 0.2) is 0 Å². The highest BCUT2D eigenvalue weighted by Gasteiger charge is 2.17. The average molecular weight is 324 g/mol. The fourth-order valence-corrected chi connectivity index (χ4v) is 1.89. The Labute approximate surface area is 134 Å². The fourth-order valence-electron chi connectivity index (χ4n) is 1.71. The Morgan fingerprint density at radius 3 is 2.55 bits per heavy atom. The van der Waals surface area contributed by atoms with E-state index in [1.54, 1.807) is 18.2 Å². The van der Waals surface area contributed by atoms with Crippen LogP contribution in [0.5, 0.6) is 0 Å². The highest BCUT2D eigenvalue weighted by Crippen LogP contribution is 2.20. The predicted octanol–water partition coefficient (Wildman–Crippen LogP) is 1.28. The van der Waals surface area contributed by atoms with Crippen LogP contribution in [0.2, 0.25) is 5.02 Å². The van der Waals surface area contributed by atoms with Gasteiger partial charge in [0.25, 0.3) is 5.91 Å². The zero-order chi connectivity index (χ0) is 16.5. The van der Waals surface area contributed by atoms with Gasteiger partial charge in [-0.2, -0.15) is 5.26 Å². The number of nitrogens with one attached hydrogen (secondary N) is 1. The van der Waals surface area contributed by atoms with Gasteiger partial charge in [0.1, 0.15) is 11.6 Å². The molecule has 0 aromatic heterocycles. The van der Waals surface area contributed by atoms with Gasteiger partial charge in [-0.05, 0) is 24.6 Å². The number of hydrogen-bond donors (Lipinski definition) is 3. The van der Waals surface area contributed by atoms with E-state index < -0.39 is 5.91 Å². The molecular weight excluding hydrogens is 306 g/mol. The number of nitriles is 1. The molecule has 118 valence electrons. The molecule has 0 aliphatic carbocycles. The first-order chi connectivity index (χ1) is 10.5. The molecule has 1 aromatic rings. The van der Waals surface area contributed by atoms with Crippen molar-refractivity contribution in [3.63, 3.8) is 0 Å². The summed E-state index contributed by atoms with van der Waals surface area (Å²) in [5.74, 6) is -0.559. The van der Waals surface area contributed by atoms with Gasteiger partial charge >= 0.3 is 0 Å². The summed E-state index contributed by atoms with van der Waals surface area (Å²) in [6.07, 6.45) is 1.28. The Balaban J connectivity index is 2.87. The molecule has 6 nitrogen and oxygen atoms in total. The SMILES string of the molecule is Cc1ccc(N/C=C(/C#N)C(=O)N(CCO)CCO)cc1Cl. The average Bonchev–Trinajstić information content (AvgIpc) is 2.51. The van der Waals surface area contributed by atoms with E-state index in [-0.39, 0.29) is 31.9 Å². The molecule has 1 aromatic carbocycles. The van der Waals surface area contributed by atoms with Crippen LogP contribution in [0.4, 0.5) is 5.69 Å². The van der Waals surface area contributed by atoms with Gasteiger partial charge in [0.2, 0.25) is 0 Å². The second-order valence-corrected chi connectivity index (χ2v) is 4.92. The first-order valence-corrected chi connectivity index (χ1v) is 7.05. The number of aliphatic hydroxyl groups is 2. The molecule has 0 bridgehead atoms. The summed E-state index contributed by atoms with van der Waals surface area (Å²) in [7, 11) is 0. The summed E-state index contributed by atoms with van der Waals surface area (Å²) in [6, 6.07) is 7.08. The Hall–Kier alpha value is -2.07. The topological polar surface area (TPSA) is 96.6 Å². The summed E-state index contributed by atoms with van der Waals surface area (Å²) in [5, 5.41) is 30.4. The minimum atomic E-state index is -0.559. The molecule has 0 aliphatic heterocycles. The van der Waals surface area contributed by atoms with E-state index in [4.69, 9.17) is 27.1 Å². The first-order valence-electron chi connectivity index (χ1n) is 6.67. The maximum absolute atomic E-state index is 12.1. The van der Waals surface area contributed by atoms with E-state index in [1.165, 1.54) is 11.1 Å². The fraction of sp³-hybridized carbons (Fsp3) is 0.333. The van der Waals surface area contributed by atoms with Gasteiger partial charge in [0, 0.05) is 30.0 Å². The van der Waals surface area contributed by atoms with Crippen molar-refractivity contribution in [2.24, 2.45) is 0 Å². The molecule has 7 heteroatoms. The molecule has 1 rings (SSSR count). The van der Waals surface area contributed by atoms with Crippen LogP contribution in [0, 0.1) is 18.3 Å². The molecule has 1 amide bonds. The predicted molar refractivity (Wildman–Crippen MR) is 84.3 cm³/mol. The van der Waals surface area contributed by atoms with Crippen molar-refractivity contribution >= 4 is 23.2 Å². The highest BCUT2D eigenvalue weighted by molar-refractivity contribution is 6.31. The Morgan fingerprint density at radius 1 is 1.41 bits per heavy atom. The third-order valence-electron chi connectivity index (χ3n) is 2.93. The van der Waals surface area contributed by atoms with Crippen LogP contribution in [0.1, 0.15) is 5.56 Å². The number of aliphatic hydroxyl groups excluding tert-OH is 2. The van der Waals surface area contributed by atoms with Gasteiger partial charge in [-0.15, -0.1) is 0 Å². The number of anilines is 1. The third kappa shape index (κ3) is 5.04. The van der Waals surface area contributed by atoms with Crippen molar-refractivity contribution in [1.82, 2.24) is 4.90 Å². The first kappa shape index (κ1) is 18.0. The van der Waals surface area contributed by atoms with E-state index >= 15 is 0 Å². The van der Waals surface area contributed by atoms with Crippen LogP contribution in [0.15, 0.2) is 30.0 Å². The quantitative estimate of drug-likeness (QED) is 0.519. The van der Waals surface area contributed by atoms with Crippen LogP contribution in [-0.2, 0) is 4.79 Å². The number of nitrogens with zero attached hydrogens (tertiary/aromatic N) is 2. The van der Waals surface area contributed by atoms with Gasteiger partial charge < -0.3 is 20.4 Å². The minimum absolute atomic E-state index is 0.0504. The summed E-state index contributed by atoms with van der Waals surface area (Å²) in [6.45, 7) is 1.48. The molecule has 0 saturated carbocycles. The molecule has 0 atom stereocenters. The molecule has 0 radical (unpaired) electrons. The van der Waals surface area contributed by atoms with E-state index in [2.05, 4.69) is 5.32 Å². The van der Waals surface area contributed by atoms with E-state index in [1.807, 2.05) is 13.0 Å². The van der Waals surface area contributed by atoms with E-state index in [0.29, 0.717) is 10.7 Å². The zero-order valence-electron chi connectivity index (χ0n) is 12.2. The van der Waals surface area contributed by atoms with Crippen LogP contribution >= 0.6 is 11.6 Å². The van der Waals surface area contributed by atoms with Crippen LogP contribution in [-0.4, -0.2) is 47.3 Å². The van der Waals surface area contributed by atoms with Crippen molar-refractivity contribution in [3.05, 3.63) is 40.6 Å². The number of halogens is 1. The van der Waals surface area contributed by atoms with Gasteiger partial charge in [-0.3, -0.25) is 4.79 Å². The maximum Gasteiger partial charge on any atom is 0.266 e. The Kier molecular flexibility index (Phi) is 7.40. The van der Waals surface area contributed by atoms with Gasteiger partial charge in [-0.25, -0.2) is 0 Å². The lowest BCUT2D eigenvalue weighted by atomic mass is 10.2. The third-order valence-corrected chi connectivity index (χ3v) is 3.34. The summed E-state index contributed by atoms with van der Waals surface area (Å²) >= 11 is 6.00. The van der Waals surface area contributed by atoms with Crippen molar-refractivity contribution in [2.45, 2.75) is 6.92 Å². The number of benzene rings is 1. The summed E-state index contributed by atoms with van der Waals surface area (Å²) < 4.78 is 0. The number of carbonyl (C=O) groups excluding carboxylic acids is 1. The number of hydrogen-bond acceptors (Lipinski definition) is 5. The number of rotatable bonds is 7. The smallest absolute Gasteiger partial charge is 0.266 e. The standard InChI is InChI=1S/C15H18ClN3O3/c1-11-2-3-13(8-14(11)16)18-10-12(9-17)15(22)19(4-6-20)5-7-21/h2-3,8,10,18,20-21H,4-7H2,1H3/b12-10-. The second-order valence-electron chi connectivity index (χ2n) is 4.52. The minimum Gasteiger partial charge on any atom is -0.395 e. The molecule has 3 N–H and O–H groups in total. The number of aryl methyl sites for hydroxylation is 1. The van der Waals surface area contributed by atoms with Crippen molar-refractivity contribution in [2.75, 3.05) is 31.6 Å². The summed E-state index contributed by atoms with van der Waals surface area (Å²) in [4.78, 5) is 13.4. The lowest BCUT2D eigenvalue weighted by Gasteiger charge is -2.20. The largest absolute Gasteiger partial charge is 0.395 e. The van der Waals surface area contributed by atoms with E-state index in [9.17, 15) is 4.79 Å². The molecule has 0 aliphatic rings. The monoisotopic (exact) mass is 323 g/mol. The van der Waals surface area contributed by atoms with Crippen LogP contribution in [0.25, 0.3) is 0 Å². The van der Waals surface area contributed by atoms with Crippen LogP contribution < -0.4 is 5.32 Å². The van der Waals surface area contributed by atoms with Crippen molar-refractivity contribution in [1.29, 1.82) is 5.26 Å². The van der Waals surface area contributed by atoms with Crippen molar-refractivity contribution < 1.29 is 15.0 Å². The normalized spacial score (nSPS) is 11.0. The molecule has 0 spiro atoms. The highest BCUT2D eigenvalue weighted by atomic mass is 35.5. The molecule has 0 saturated heterocycles.